The summed E-state index contributed by atoms with van der Waals surface area (Å²) in [6, 6.07) is 10.5. The largest absolute Gasteiger partial charge is 0.303 e. The maximum absolute atomic E-state index is 12.7. The third-order valence-electron chi connectivity index (χ3n) is 6.39. The van der Waals surface area contributed by atoms with Gasteiger partial charge in [-0.3, -0.25) is 9.36 Å². The molecule has 0 amide bonds. The summed E-state index contributed by atoms with van der Waals surface area (Å²) >= 11 is 0. The maximum Gasteiger partial charge on any atom is 0.256 e. The number of rotatable bonds is 4. The number of likely N-dealkylation sites (tertiary alicyclic amines) is 1. The first kappa shape index (κ1) is 21.8. The number of nitrogens with zero attached hydrogens (tertiary/aromatic N) is 3. The Hall–Kier alpha value is -1.94. The zero-order valence-electron chi connectivity index (χ0n) is 18.5. The van der Waals surface area contributed by atoms with Crippen LogP contribution in [0.25, 0.3) is 0 Å². The Labute approximate surface area is 176 Å². The van der Waals surface area contributed by atoms with Gasteiger partial charge in [-0.25, -0.2) is 4.98 Å². The third kappa shape index (κ3) is 6.02. The SMILES string of the molecule is CCc1ccccc1.Cc1nc2n(c(=O)c1CCN1CCC(C)CC1)CCCC2. The molecule has 1 aromatic heterocycles. The molecule has 158 valence electrons. The lowest BCUT2D eigenvalue weighted by molar-refractivity contribution is 0.194. The molecule has 2 aliphatic heterocycles. The number of piperidine rings is 1. The van der Waals surface area contributed by atoms with E-state index in [1.165, 1.54) is 31.5 Å². The van der Waals surface area contributed by atoms with Crippen molar-refractivity contribution in [1.82, 2.24) is 14.5 Å². The van der Waals surface area contributed by atoms with Gasteiger partial charge < -0.3 is 4.90 Å². The van der Waals surface area contributed by atoms with Crippen molar-refractivity contribution in [1.29, 1.82) is 0 Å². The topological polar surface area (TPSA) is 38.1 Å². The molecule has 0 atom stereocenters. The van der Waals surface area contributed by atoms with Gasteiger partial charge >= 0.3 is 0 Å². The minimum atomic E-state index is 0.225. The van der Waals surface area contributed by atoms with E-state index in [0.717, 1.165) is 68.2 Å². The summed E-state index contributed by atoms with van der Waals surface area (Å²) in [5, 5.41) is 0. The number of benzene rings is 1. The molecule has 0 bridgehead atoms. The first-order valence-electron chi connectivity index (χ1n) is 11.4. The lowest BCUT2D eigenvalue weighted by atomic mass is 9.99. The molecule has 4 rings (SSSR count). The van der Waals surface area contributed by atoms with Crippen molar-refractivity contribution in [2.45, 2.75) is 72.3 Å². The number of hydrogen-bond donors (Lipinski definition) is 0. The molecular formula is C25H37N3O. The number of aromatic nitrogens is 2. The molecular weight excluding hydrogens is 358 g/mol. The van der Waals surface area contributed by atoms with Gasteiger partial charge in [-0.2, -0.15) is 0 Å². The highest BCUT2D eigenvalue weighted by Gasteiger charge is 2.19. The predicted octanol–water partition coefficient (Wildman–Crippen LogP) is 4.41. The van der Waals surface area contributed by atoms with E-state index >= 15 is 0 Å². The van der Waals surface area contributed by atoms with E-state index in [0.29, 0.717) is 0 Å². The highest BCUT2D eigenvalue weighted by atomic mass is 16.1. The molecule has 0 N–H and O–H groups in total. The van der Waals surface area contributed by atoms with Crippen LogP contribution in [0.3, 0.4) is 0 Å². The fourth-order valence-corrected chi connectivity index (χ4v) is 4.29. The summed E-state index contributed by atoms with van der Waals surface area (Å²) < 4.78 is 1.92. The van der Waals surface area contributed by atoms with E-state index in [1.807, 2.05) is 17.6 Å². The van der Waals surface area contributed by atoms with Crippen LogP contribution in [0.4, 0.5) is 0 Å². The second-order valence-electron chi connectivity index (χ2n) is 8.62. The van der Waals surface area contributed by atoms with Gasteiger partial charge in [0, 0.05) is 30.8 Å². The molecule has 29 heavy (non-hydrogen) atoms. The van der Waals surface area contributed by atoms with Crippen molar-refractivity contribution >= 4 is 0 Å². The lowest BCUT2D eigenvalue weighted by Crippen LogP contribution is -2.37. The highest BCUT2D eigenvalue weighted by Crippen LogP contribution is 2.17. The van der Waals surface area contributed by atoms with E-state index in [1.54, 1.807) is 0 Å². The van der Waals surface area contributed by atoms with Crippen LogP contribution in [-0.4, -0.2) is 34.1 Å². The molecule has 0 radical (unpaired) electrons. The Morgan fingerprint density at radius 3 is 2.45 bits per heavy atom. The molecule has 2 aromatic rings. The smallest absolute Gasteiger partial charge is 0.256 e. The average Bonchev–Trinajstić information content (AvgIpc) is 2.76. The summed E-state index contributed by atoms with van der Waals surface area (Å²) in [4.78, 5) is 19.9. The fourth-order valence-electron chi connectivity index (χ4n) is 4.29. The molecule has 2 aliphatic rings. The van der Waals surface area contributed by atoms with Crippen LogP contribution in [0, 0.1) is 12.8 Å². The monoisotopic (exact) mass is 395 g/mol. The first-order valence-corrected chi connectivity index (χ1v) is 11.4. The van der Waals surface area contributed by atoms with Gasteiger partial charge in [0.1, 0.15) is 5.82 Å². The minimum Gasteiger partial charge on any atom is -0.303 e. The van der Waals surface area contributed by atoms with Crippen molar-refractivity contribution in [2.24, 2.45) is 5.92 Å². The molecule has 1 saturated heterocycles. The number of aryl methyl sites for hydroxylation is 3. The van der Waals surface area contributed by atoms with Crippen molar-refractivity contribution < 1.29 is 0 Å². The van der Waals surface area contributed by atoms with E-state index in [4.69, 9.17) is 4.98 Å². The Morgan fingerprint density at radius 1 is 1.07 bits per heavy atom. The van der Waals surface area contributed by atoms with Gasteiger partial charge in [0.2, 0.25) is 0 Å². The average molecular weight is 396 g/mol. The van der Waals surface area contributed by atoms with Gasteiger partial charge in [0.15, 0.2) is 0 Å². The number of fused-ring (bicyclic) bond motifs is 1. The fraction of sp³-hybridized carbons (Fsp3) is 0.600. The van der Waals surface area contributed by atoms with E-state index in [-0.39, 0.29) is 5.56 Å². The Bertz CT molecular complexity index is 820. The van der Waals surface area contributed by atoms with Crippen molar-refractivity contribution in [3.63, 3.8) is 0 Å². The van der Waals surface area contributed by atoms with Crippen LogP contribution in [0.2, 0.25) is 0 Å². The van der Waals surface area contributed by atoms with Crippen LogP contribution in [-0.2, 0) is 25.8 Å². The summed E-state index contributed by atoms with van der Waals surface area (Å²) in [6.07, 6.45) is 7.81. The summed E-state index contributed by atoms with van der Waals surface area (Å²) in [6.45, 7) is 10.7. The molecule has 0 spiro atoms. The Morgan fingerprint density at radius 2 is 1.79 bits per heavy atom. The normalized spacial score (nSPS) is 17.3. The maximum atomic E-state index is 12.7. The number of hydrogen-bond acceptors (Lipinski definition) is 3. The molecule has 3 heterocycles. The second kappa shape index (κ2) is 10.7. The van der Waals surface area contributed by atoms with E-state index in [9.17, 15) is 4.79 Å². The van der Waals surface area contributed by atoms with E-state index < -0.39 is 0 Å². The summed E-state index contributed by atoms with van der Waals surface area (Å²) in [5.41, 5.74) is 3.54. The van der Waals surface area contributed by atoms with Gasteiger partial charge in [0.05, 0.1) is 0 Å². The Balaban J connectivity index is 0.000000252. The molecule has 4 heteroatoms. The lowest BCUT2D eigenvalue weighted by Gasteiger charge is -2.30. The van der Waals surface area contributed by atoms with Crippen LogP contribution < -0.4 is 5.56 Å². The highest BCUT2D eigenvalue weighted by molar-refractivity contribution is 5.19. The van der Waals surface area contributed by atoms with Crippen molar-refractivity contribution in [3.8, 4) is 0 Å². The summed E-state index contributed by atoms with van der Waals surface area (Å²) in [7, 11) is 0. The van der Waals surface area contributed by atoms with Gasteiger partial charge in [-0.05, 0) is 70.0 Å². The van der Waals surface area contributed by atoms with Crippen LogP contribution in [0.1, 0.15) is 62.2 Å². The molecule has 0 unspecified atom stereocenters. The molecule has 1 aromatic carbocycles. The van der Waals surface area contributed by atoms with Gasteiger partial charge in [-0.1, -0.05) is 44.2 Å². The molecule has 1 fully saturated rings. The van der Waals surface area contributed by atoms with Crippen LogP contribution >= 0.6 is 0 Å². The zero-order chi connectivity index (χ0) is 20.6. The van der Waals surface area contributed by atoms with Crippen LogP contribution in [0.15, 0.2) is 35.1 Å². The quantitative estimate of drug-likeness (QED) is 0.769. The third-order valence-corrected chi connectivity index (χ3v) is 6.39. The molecule has 0 aliphatic carbocycles. The van der Waals surface area contributed by atoms with Crippen molar-refractivity contribution in [2.75, 3.05) is 19.6 Å². The van der Waals surface area contributed by atoms with Crippen molar-refractivity contribution in [3.05, 3.63) is 63.3 Å². The van der Waals surface area contributed by atoms with Crippen LogP contribution in [0.5, 0.6) is 0 Å². The van der Waals surface area contributed by atoms with E-state index in [2.05, 4.69) is 43.0 Å². The van der Waals surface area contributed by atoms with Gasteiger partial charge in [0.25, 0.3) is 5.56 Å². The summed E-state index contributed by atoms with van der Waals surface area (Å²) in [5.74, 6) is 1.86. The standard InChI is InChI=1S/C17H27N3O.C8H10/c1-13-6-10-19(11-7-13)12-8-15-14(2)18-16-5-3-4-9-20(16)17(15)21;1-2-8-6-4-3-5-7-8/h13H,3-12H2,1-2H3;3-7H,2H2,1H3. The van der Waals surface area contributed by atoms with Gasteiger partial charge in [-0.15, -0.1) is 0 Å². The second-order valence-corrected chi connectivity index (χ2v) is 8.62. The zero-order valence-corrected chi connectivity index (χ0v) is 18.5. The molecule has 0 saturated carbocycles. The first-order chi connectivity index (χ1) is 14.1. The Kier molecular flexibility index (Phi) is 8.05. The predicted molar refractivity (Wildman–Crippen MR) is 121 cm³/mol. The molecule has 4 nitrogen and oxygen atoms in total. The minimum absolute atomic E-state index is 0.225.